The summed E-state index contributed by atoms with van der Waals surface area (Å²) >= 11 is 0. The number of benzene rings is 2. The highest BCUT2D eigenvalue weighted by Crippen LogP contribution is 2.58. The maximum Gasteiger partial charge on any atom is 0.422 e. The number of aromatic nitrogens is 3. The van der Waals surface area contributed by atoms with Gasteiger partial charge in [0.25, 0.3) is 0 Å². The minimum Gasteiger partial charge on any atom is -0.359 e. The minimum atomic E-state index is -4.58. The fourth-order valence-electron chi connectivity index (χ4n) is 3.31. The van der Waals surface area contributed by atoms with Crippen LogP contribution < -0.4 is 0 Å². The molecular formula is C18H14F3N3O. The second-order valence-electron chi connectivity index (χ2n) is 5.89. The lowest BCUT2D eigenvalue weighted by Gasteiger charge is -2.49. The zero-order valence-corrected chi connectivity index (χ0v) is 13.0. The van der Waals surface area contributed by atoms with E-state index in [1.165, 1.54) is 12.1 Å². The van der Waals surface area contributed by atoms with E-state index in [0.717, 1.165) is 0 Å². The van der Waals surface area contributed by atoms with Gasteiger partial charge in [0.1, 0.15) is 5.69 Å². The number of rotatable bonds is 3. The van der Waals surface area contributed by atoms with Crippen molar-refractivity contribution in [3.05, 3.63) is 71.9 Å². The van der Waals surface area contributed by atoms with Crippen LogP contribution in [-0.4, -0.2) is 28.2 Å². The lowest BCUT2D eigenvalue weighted by Crippen LogP contribution is -2.59. The average Bonchev–Trinajstić information content (AvgIpc) is 3.04. The molecule has 25 heavy (non-hydrogen) atoms. The van der Waals surface area contributed by atoms with Gasteiger partial charge in [-0.15, -0.1) is 0 Å². The number of aromatic amines is 1. The van der Waals surface area contributed by atoms with Crippen LogP contribution in [0.4, 0.5) is 13.2 Å². The predicted octanol–water partition coefficient (Wildman–Crippen LogP) is 4.04. The number of hydrogen-bond donors (Lipinski definition) is 1. The molecule has 1 aromatic heterocycles. The van der Waals surface area contributed by atoms with Gasteiger partial charge in [0.15, 0.2) is 5.60 Å². The molecule has 1 N–H and O–H groups in total. The lowest BCUT2D eigenvalue weighted by molar-refractivity contribution is -0.346. The first-order valence-corrected chi connectivity index (χ1v) is 7.76. The smallest absolute Gasteiger partial charge is 0.359 e. The van der Waals surface area contributed by atoms with Crippen molar-refractivity contribution in [1.29, 1.82) is 0 Å². The molecule has 0 amide bonds. The summed E-state index contributed by atoms with van der Waals surface area (Å²) in [5, 5.41) is 10.6. The molecule has 2 atom stereocenters. The van der Waals surface area contributed by atoms with E-state index < -0.39 is 17.7 Å². The Balaban J connectivity index is 1.83. The fourth-order valence-corrected chi connectivity index (χ4v) is 3.31. The van der Waals surface area contributed by atoms with E-state index in [2.05, 4.69) is 15.4 Å². The SMILES string of the molecule is FC(F)(F)[C@]1(c2ccccc2)OC[C@@H]1c1n[nH]nc1-c1ccccc1. The van der Waals surface area contributed by atoms with E-state index in [4.69, 9.17) is 4.74 Å². The van der Waals surface area contributed by atoms with E-state index in [1.807, 2.05) is 6.07 Å². The molecule has 3 aromatic rings. The molecular weight excluding hydrogens is 331 g/mol. The lowest BCUT2D eigenvalue weighted by atomic mass is 9.73. The summed E-state index contributed by atoms with van der Waals surface area (Å²) in [6.45, 7) is -0.0687. The normalized spacial score (nSPS) is 23.2. The third kappa shape index (κ3) is 2.34. The van der Waals surface area contributed by atoms with Gasteiger partial charge in [-0.05, 0) is 5.56 Å². The molecule has 1 saturated heterocycles. The molecule has 128 valence electrons. The van der Waals surface area contributed by atoms with Crippen molar-refractivity contribution in [2.45, 2.75) is 17.7 Å². The molecule has 2 aromatic carbocycles. The van der Waals surface area contributed by atoms with Gasteiger partial charge < -0.3 is 4.74 Å². The molecule has 4 rings (SSSR count). The second-order valence-corrected chi connectivity index (χ2v) is 5.89. The molecule has 0 aliphatic carbocycles. The van der Waals surface area contributed by atoms with E-state index in [1.54, 1.807) is 42.5 Å². The standard InChI is InChI=1S/C18H14F3N3O/c19-18(20,21)17(13-9-5-2-6-10-13)14(11-25-17)16-15(22-24-23-16)12-7-3-1-4-8-12/h1-10,14H,11H2,(H,22,23,24)/t14-,17-/m1/s1. The molecule has 0 saturated carbocycles. The summed E-state index contributed by atoms with van der Waals surface area (Å²) < 4.78 is 47.3. The Morgan fingerprint density at radius 2 is 1.60 bits per heavy atom. The Morgan fingerprint density at radius 3 is 2.16 bits per heavy atom. The summed E-state index contributed by atoms with van der Waals surface area (Å²) in [5.74, 6) is -0.969. The summed E-state index contributed by atoms with van der Waals surface area (Å²) in [7, 11) is 0. The van der Waals surface area contributed by atoms with Crippen LogP contribution in [0.25, 0.3) is 11.3 Å². The van der Waals surface area contributed by atoms with Gasteiger partial charge >= 0.3 is 6.18 Å². The van der Waals surface area contributed by atoms with Gasteiger partial charge in [0.2, 0.25) is 0 Å². The van der Waals surface area contributed by atoms with E-state index in [0.29, 0.717) is 11.3 Å². The van der Waals surface area contributed by atoms with Crippen molar-refractivity contribution in [2.24, 2.45) is 0 Å². The maximum absolute atomic E-state index is 14.0. The number of H-pyrrole nitrogens is 1. The summed E-state index contributed by atoms with van der Waals surface area (Å²) in [4.78, 5) is 0. The van der Waals surface area contributed by atoms with Crippen molar-refractivity contribution >= 4 is 0 Å². The summed E-state index contributed by atoms with van der Waals surface area (Å²) in [5.41, 5.74) is -0.950. The molecule has 1 aliphatic rings. The third-order valence-corrected chi connectivity index (χ3v) is 4.54. The fraction of sp³-hybridized carbons (Fsp3) is 0.222. The molecule has 4 nitrogen and oxygen atoms in total. The van der Waals surface area contributed by atoms with Crippen LogP contribution in [-0.2, 0) is 10.3 Å². The summed E-state index contributed by atoms with van der Waals surface area (Å²) in [6.07, 6.45) is -4.58. The van der Waals surface area contributed by atoms with Crippen molar-refractivity contribution in [1.82, 2.24) is 15.4 Å². The van der Waals surface area contributed by atoms with Crippen LogP contribution in [0.5, 0.6) is 0 Å². The predicted molar refractivity (Wildman–Crippen MR) is 84.7 cm³/mol. The highest BCUT2D eigenvalue weighted by molar-refractivity contribution is 5.62. The molecule has 0 bridgehead atoms. The van der Waals surface area contributed by atoms with E-state index in [-0.39, 0.29) is 17.9 Å². The van der Waals surface area contributed by atoms with Gasteiger partial charge in [-0.1, -0.05) is 60.7 Å². The molecule has 1 aliphatic heterocycles. The molecule has 2 heterocycles. The molecule has 0 unspecified atom stereocenters. The van der Waals surface area contributed by atoms with Gasteiger partial charge in [-0.25, -0.2) is 0 Å². The van der Waals surface area contributed by atoms with Gasteiger partial charge in [0.05, 0.1) is 18.2 Å². The molecule has 0 radical (unpaired) electrons. The highest BCUT2D eigenvalue weighted by atomic mass is 19.4. The Kier molecular flexibility index (Phi) is 3.61. The van der Waals surface area contributed by atoms with Crippen molar-refractivity contribution in [2.75, 3.05) is 6.61 Å². The zero-order chi connectivity index (χ0) is 17.5. The first-order valence-electron chi connectivity index (χ1n) is 7.76. The van der Waals surface area contributed by atoms with E-state index >= 15 is 0 Å². The quantitative estimate of drug-likeness (QED) is 0.779. The van der Waals surface area contributed by atoms with Crippen molar-refractivity contribution in [3.63, 3.8) is 0 Å². The zero-order valence-electron chi connectivity index (χ0n) is 13.0. The second kappa shape index (κ2) is 5.70. The topological polar surface area (TPSA) is 50.8 Å². The molecule has 7 heteroatoms. The molecule has 0 spiro atoms. The first-order chi connectivity index (χ1) is 12.0. The number of nitrogens with one attached hydrogen (secondary N) is 1. The van der Waals surface area contributed by atoms with Crippen LogP contribution in [0.15, 0.2) is 60.7 Å². The first kappa shape index (κ1) is 15.8. The van der Waals surface area contributed by atoms with Crippen LogP contribution in [0.1, 0.15) is 17.2 Å². The average molecular weight is 345 g/mol. The maximum atomic E-state index is 14.0. The Bertz CT molecular complexity index is 864. The van der Waals surface area contributed by atoms with Crippen molar-refractivity contribution < 1.29 is 17.9 Å². The minimum absolute atomic E-state index is 0.0687. The van der Waals surface area contributed by atoms with Crippen LogP contribution in [0.2, 0.25) is 0 Å². The Hall–Kier alpha value is -2.67. The van der Waals surface area contributed by atoms with E-state index in [9.17, 15) is 13.2 Å². The Morgan fingerprint density at radius 1 is 0.960 bits per heavy atom. The van der Waals surface area contributed by atoms with Crippen molar-refractivity contribution in [3.8, 4) is 11.3 Å². The van der Waals surface area contributed by atoms with Gasteiger partial charge in [0, 0.05) is 5.56 Å². The number of nitrogens with zero attached hydrogens (tertiary/aromatic N) is 2. The largest absolute Gasteiger partial charge is 0.422 e. The van der Waals surface area contributed by atoms with Crippen LogP contribution in [0, 0.1) is 0 Å². The van der Waals surface area contributed by atoms with Gasteiger partial charge in [-0.2, -0.15) is 28.6 Å². The number of halogens is 3. The third-order valence-electron chi connectivity index (χ3n) is 4.54. The highest BCUT2D eigenvalue weighted by Gasteiger charge is 2.68. The molecule has 1 fully saturated rings. The van der Waals surface area contributed by atoms with Crippen LogP contribution in [0.3, 0.4) is 0 Å². The summed E-state index contributed by atoms with van der Waals surface area (Å²) in [6, 6.07) is 16.7. The number of hydrogen-bond acceptors (Lipinski definition) is 3. The monoisotopic (exact) mass is 345 g/mol. The van der Waals surface area contributed by atoms with Crippen LogP contribution >= 0.6 is 0 Å². The number of ether oxygens (including phenoxy) is 1. The Labute approximate surface area is 141 Å². The van der Waals surface area contributed by atoms with Gasteiger partial charge in [-0.3, -0.25) is 0 Å². The number of alkyl halides is 3.